The van der Waals surface area contributed by atoms with Crippen molar-refractivity contribution in [1.29, 1.82) is 5.26 Å². The van der Waals surface area contributed by atoms with Gasteiger partial charge in [0.2, 0.25) is 5.91 Å². The molecule has 0 aliphatic carbocycles. The van der Waals surface area contributed by atoms with E-state index in [0.717, 1.165) is 18.7 Å². The second-order valence-corrected chi connectivity index (χ2v) is 6.05. The molecule has 0 spiro atoms. The monoisotopic (exact) mass is 358 g/mol. The van der Waals surface area contributed by atoms with Crippen LogP contribution in [0.25, 0.3) is 0 Å². The zero-order valence-corrected chi connectivity index (χ0v) is 14.7. The third kappa shape index (κ3) is 5.91. The first-order valence-electron chi connectivity index (χ1n) is 7.25. The van der Waals surface area contributed by atoms with Gasteiger partial charge >= 0.3 is 0 Å². The summed E-state index contributed by atoms with van der Waals surface area (Å²) in [4.78, 5) is 13.1. The molecule has 0 saturated carbocycles. The number of carbonyl (C=O) groups is 1. The number of rotatable bonds is 3. The van der Waals surface area contributed by atoms with Crippen molar-refractivity contribution >= 4 is 29.1 Å². The van der Waals surface area contributed by atoms with Crippen LogP contribution in [0.4, 0.5) is 0 Å². The first kappa shape index (κ1) is 19.6. The molecule has 1 aliphatic heterocycles. The van der Waals surface area contributed by atoms with Crippen molar-refractivity contribution in [3.05, 3.63) is 28.2 Å². The van der Waals surface area contributed by atoms with Crippen molar-refractivity contribution < 1.29 is 14.6 Å². The van der Waals surface area contributed by atoms with E-state index in [1.807, 2.05) is 6.92 Å². The Balaban J connectivity index is 0.000000238. The van der Waals surface area contributed by atoms with Crippen LogP contribution in [-0.2, 0) is 4.79 Å². The number of hydrogen-bond donors (Lipinski definition) is 1. The molecule has 1 aromatic rings. The topological polar surface area (TPSA) is 73.6 Å². The van der Waals surface area contributed by atoms with Crippen LogP contribution in [0.2, 0.25) is 10.0 Å². The number of aliphatic hydroxyl groups is 1. The van der Waals surface area contributed by atoms with E-state index in [4.69, 9.17) is 33.2 Å². The van der Waals surface area contributed by atoms with Crippen LogP contribution >= 0.6 is 23.2 Å². The summed E-state index contributed by atoms with van der Waals surface area (Å²) in [5.74, 6) is 0.603. The molecule has 2 rings (SSSR count). The highest BCUT2D eigenvalue weighted by molar-refractivity contribution is 6.42. The Labute approximate surface area is 146 Å². The molecule has 1 aliphatic rings. The Kier molecular flexibility index (Phi) is 7.63. The van der Waals surface area contributed by atoms with Crippen LogP contribution in [0.15, 0.2) is 18.2 Å². The Morgan fingerprint density at radius 3 is 2.61 bits per heavy atom. The number of methoxy groups -OCH3 is 1. The lowest BCUT2D eigenvalue weighted by Gasteiger charge is -2.33. The highest BCUT2D eigenvalue weighted by Crippen LogP contribution is 2.25. The van der Waals surface area contributed by atoms with Crippen LogP contribution in [-0.4, -0.2) is 41.7 Å². The van der Waals surface area contributed by atoms with Gasteiger partial charge in [-0.05, 0) is 18.6 Å². The fourth-order valence-electron chi connectivity index (χ4n) is 2.10. The average molecular weight is 359 g/mol. The molecule has 126 valence electrons. The Morgan fingerprint density at radius 2 is 2.13 bits per heavy atom. The number of hydrogen-bond acceptors (Lipinski definition) is 4. The maximum Gasteiger partial charge on any atom is 0.226 e. The number of benzene rings is 1. The predicted molar refractivity (Wildman–Crippen MR) is 89.7 cm³/mol. The lowest BCUT2D eigenvalue weighted by Crippen LogP contribution is -2.47. The van der Waals surface area contributed by atoms with Crippen molar-refractivity contribution in [2.75, 3.05) is 20.2 Å². The van der Waals surface area contributed by atoms with E-state index in [9.17, 15) is 9.90 Å². The molecule has 1 fully saturated rings. The van der Waals surface area contributed by atoms with Gasteiger partial charge in [-0.3, -0.25) is 4.79 Å². The van der Waals surface area contributed by atoms with Crippen molar-refractivity contribution in [2.24, 2.45) is 0 Å². The molecular weight excluding hydrogens is 339 g/mol. The number of halogens is 2. The lowest BCUT2D eigenvalue weighted by atomic mass is 9.92. The third-order valence-corrected chi connectivity index (χ3v) is 4.16. The number of amides is 1. The first-order chi connectivity index (χ1) is 10.8. The number of ether oxygens (including phenoxy) is 1. The summed E-state index contributed by atoms with van der Waals surface area (Å²) >= 11 is 11.3. The van der Waals surface area contributed by atoms with Gasteiger partial charge in [0.1, 0.15) is 5.75 Å². The van der Waals surface area contributed by atoms with Gasteiger partial charge in [-0.1, -0.05) is 30.1 Å². The van der Waals surface area contributed by atoms with Crippen molar-refractivity contribution in [3.63, 3.8) is 0 Å². The zero-order valence-electron chi connectivity index (χ0n) is 13.2. The second-order valence-electron chi connectivity index (χ2n) is 5.23. The molecule has 1 amide bonds. The largest absolute Gasteiger partial charge is 0.497 e. The third-order valence-electron chi connectivity index (χ3n) is 3.42. The second kappa shape index (κ2) is 8.97. The van der Waals surface area contributed by atoms with Crippen LogP contribution in [0.5, 0.6) is 5.75 Å². The number of piperidine rings is 1. The molecular formula is C16H20Cl2N2O3. The van der Waals surface area contributed by atoms with E-state index >= 15 is 0 Å². The molecule has 1 saturated heterocycles. The summed E-state index contributed by atoms with van der Waals surface area (Å²) in [5.41, 5.74) is -1.42. The molecule has 0 radical (unpaired) electrons. The van der Waals surface area contributed by atoms with Crippen molar-refractivity contribution in [3.8, 4) is 11.8 Å². The van der Waals surface area contributed by atoms with Crippen LogP contribution in [0.3, 0.4) is 0 Å². The van der Waals surface area contributed by atoms with Gasteiger partial charge in [-0.2, -0.15) is 5.26 Å². The summed E-state index contributed by atoms with van der Waals surface area (Å²) in [6.45, 7) is 3.22. The molecule has 5 nitrogen and oxygen atoms in total. The summed E-state index contributed by atoms with van der Waals surface area (Å²) in [6.07, 6.45) is 1.23. The summed E-state index contributed by atoms with van der Waals surface area (Å²) in [6, 6.07) is 6.91. The van der Waals surface area contributed by atoms with Gasteiger partial charge in [0, 0.05) is 25.6 Å². The minimum Gasteiger partial charge on any atom is -0.497 e. The average Bonchev–Trinajstić information content (AvgIpc) is 2.54. The number of likely N-dealkylation sites (tertiary alicyclic amines) is 1. The molecule has 1 aromatic carbocycles. The number of nitriles is 1. The highest BCUT2D eigenvalue weighted by Gasteiger charge is 2.36. The van der Waals surface area contributed by atoms with E-state index in [1.54, 1.807) is 36.3 Å². The van der Waals surface area contributed by atoms with Crippen LogP contribution in [0.1, 0.15) is 26.2 Å². The Morgan fingerprint density at radius 1 is 1.43 bits per heavy atom. The highest BCUT2D eigenvalue weighted by atomic mass is 35.5. The Hall–Kier alpha value is -1.48. The molecule has 1 unspecified atom stereocenters. The first-order valence-corrected chi connectivity index (χ1v) is 8.01. The molecule has 1 N–H and O–H groups in total. The van der Waals surface area contributed by atoms with Crippen molar-refractivity contribution in [2.45, 2.75) is 31.8 Å². The standard InChI is InChI=1S/C9H14N2O2.C7H6Cl2O/c1-2-4-11-5-3-9(13,7-10)6-8(11)12;1-10-5-2-3-6(8)7(9)4-5/h13H,2-6H2,1H3;2-4H,1H3. The fraction of sp³-hybridized carbons (Fsp3) is 0.500. The van der Waals surface area contributed by atoms with E-state index < -0.39 is 5.60 Å². The van der Waals surface area contributed by atoms with Gasteiger partial charge in [-0.25, -0.2) is 0 Å². The zero-order chi connectivity index (χ0) is 17.5. The van der Waals surface area contributed by atoms with Gasteiger partial charge in [0.15, 0.2) is 5.60 Å². The van der Waals surface area contributed by atoms with Crippen LogP contribution in [0, 0.1) is 11.3 Å². The molecule has 0 bridgehead atoms. The van der Waals surface area contributed by atoms with Gasteiger partial charge in [-0.15, -0.1) is 0 Å². The van der Waals surface area contributed by atoms with Gasteiger partial charge in [0.05, 0.1) is 29.6 Å². The fourth-order valence-corrected chi connectivity index (χ4v) is 2.39. The van der Waals surface area contributed by atoms with E-state index in [0.29, 0.717) is 23.0 Å². The summed E-state index contributed by atoms with van der Waals surface area (Å²) in [5, 5.41) is 19.2. The maximum atomic E-state index is 11.4. The molecule has 1 heterocycles. The minimum absolute atomic E-state index is 0.0521. The van der Waals surface area contributed by atoms with Crippen molar-refractivity contribution in [1.82, 2.24) is 4.90 Å². The lowest BCUT2D eigenvalue weighted by molar-refractivity contribution is -0.139. The summed E-state index contributed by atoms with van der Waals surface area (Å²) < 4.78 is 4.91. The van der Waals surface area contributed by atoms with Gasteiger partial charge in [0.25, 0.3) is 0 Å². The molecule has 23 heavy (non-hydrogen) atoms. The number of nitrogens with zero attached hydrogens (tertiary/aromatic N) is 2. The SMILES string of the molecule is CCCN1CCC(O)(C#N)CC1=O.COc1ccc(Cl)c(Cl)c1. The Bertz CT molecular complexity index is 589. The predicted octanol–water partition coefficient (Wildman–Crippen LogP) is 3.28. The van der Waals surface area contributed by atoms with E-state index in [-0.39, 0.29) is 12.3 Å². The smallest absolute Gasteiger partial charge is 0.226 e. The van der Waals surface area contributed by atoms with E-state index in [2.05, 4.69) is 0 Å². The van der Waals surface area contributed by atoms with Crippen LogP contribution < -0.4 is 4.74 Å². The van der Waals surface area contributed by atoms with E-state index in [1.165, 1.54) is 0 Å². The minimum atomic E-state index is -1.42. The van der Waals surface area contributed by atoms with Gasteiger partial charge < -0.3 is 14.7 Å². The quantitative estimate of drug-likeness (QED) is 0.841. The summed E-state index contributed by atoms with van der Waals surface area (Å²) in [7, 11) is 1.58. The maximum absolute atomic E-state index is 11.4. The molecule has 7 heteroatoms. The molecule has 1 atom stereocenters. The number of carbonyl (C=O) groups excluding carboxylic acids is 1. The normalized spacial score (nSPS) is 20.3. The molecule has 0 aromatic heterocycles.